The highest BCUT2D eigenvalue weighted by atomic mass is 19.2. The van der Waals surface area contributed by atoms with Crippen molar-refractivity contribution < 1.29 is 13.5 Å². The van der Waals surface area contributed by atoms with Gasteiger partial charge < -0.3 is 4.74 Å². The molecule has 58 valence electrons. The molecule has 0 spiro atoms. The zero-order valence-electron chi connectivity index (χ0n) is 5.68. The van der Waals surface area contributed by atoms with Crippen LogP contribution in [0.1, 0.15) is 11.7 Å². The predicted octanol–water partition coefficient (Wildman–Crippen LogP) is 2.04. The van der Waals surface area contributed by atoms with Crippen LogP contribution in [-0.4, -0.2) is 6.61 Å². The van der Waals surface area contributed by atoms with E-state index >= 15 is 0 Å². The number of halogens is 2. The number of benzene rings is 1. The van der Waals surface area contributed by atoms with Gasteiger partial charge in [-0.15, -0.1) is 0 Å². The quantitative estimate of drug-likeness (QED) is 0.567. The van der Waals surface area contributed by atoms with E-state index < -0.39 is 11.6 Å². The fourth-order valence-corrected chi connectivity index (χ4v) is 0.953. The Morgan fingerprint density at radius 2 is 2.00 bits per heavy atom. The van der Waals surface area contributed by atoms with Crippen molar-refractivity contribution in [1.29, 1.82) is 0 Å². The lowest BCUT2D eigenvalue weighted by molar-refractivity contribution is 0.413. The lowest BCUT2D eigenvalue weighted by Gasteiger charge is -1.95. The van der Waals surface area contributed by atoms with Gasteiger partial charge in [0, 0.05) is 0 Å². The van der Waals surface area contributed by atoms with Crippen LogP contribution < -0.4 is 0 Å². The Kier molecular flexibility index (Phi) is 1.39. The van der Waals surface area contributed by atoms with Crippen LogP contribution in [0.25, 0.3) is 0 Å². The van der Waals surface area contributed by atoms with E-state index in [1.165, 1.54) is 12.1 Å². The fourth-order valence-electron chi connectivity index (χ4n) is 0.953. The number of ether oxygens (including phenoxy) is 1. The molecule has 11 heavy (non-hydrogen) atoms. The van der Waals surface area contributed by atoms with E-state index in [1.54, 1.807) is 0 Å². The van der Waals surface area contributed by atoms with Gasteiger partial charge in [0.25, 0.3) is 0 Å². The molecule has 0 N–H and O–H groups in total. The summed E-state index contributed by atoms with van der Waals surface area (Å²) in [5, 5.41) is 0. The summed E-state index contributed by atoms with van der Waals surface area (Å²) in [7, 11) is 0. The summed E-state index contributed by atoms with van der Waals surface area (Å²) in [6.07, 6.45) is -0.00917. The first kappa shape index (κ1) is 6.73. The molecule has 1 atom stereocenters. The second-order valence-corrected chi connectivity index (χ2v) is 2.50. The van der Waals surface area contributed by atoms with E-state index in [0.29, 0.717) is 12.2 Å². The molecule has 1 aromatic rings. The molecule has 1 aliphatic rings. The Morgan fingerprint density at radius 1 is 1.27 bits per heavy atom. The third-order valence-corrected chi connectivity index (χ3v) is 1.65. The predicted molar refractivity (Wildman–Crippen MR) is 35.1 cm³/mol. The molecule has 0 saturated carbocycles. The Hall–Kier alpha value is -0.960. The first-order valence-corrected chi connectivity index (χ1v) is 3.34. The van der Waals surface area contributed by atoms with Crippen LogP contribution in [-0.2, 0) is 4.74 Å². The van der Waals surface area contributed by atoms with E-state index in [-0.39, 0.29) is 6.10 Å². The molecule has 0 unspecified atom stereocenters. The van der Waals surface area contributed by atoms with Gasteiger partial charge in [-0.1, -0.05) is 6.07 Å². The number of epoxide rings is 1. The highest BCUT2D eigenvalue weighted by molar-refractivity contribution is 5.22. The number of hydrogen-bond donors (Lipinski definition) is 0. The van der Waals surface area contributed by atoms with Crippen molar-refractivity contribution in [2.75, 3.05) is 6.61 Å². The molecule has 1 aromatic carbocycles. The van der Waals surface area contributed by atoms with Crippen molar-refractivity contribution >= 4 is 0 Å². The highest BCUT2D eigenvalue weighted by Gasteiger charge is 2.25. The largest absolute Gasteiger partial charge is 0.368 e. The number of rotatable bonds is 1. The molecule has 0 bridgehead atoms. The topological polar surface area (TPSA) is 12.5 Å². The molecule has 1 nitrogen and oxygen atoms in total. The minimum absolute atomic E-state index is 0.00917. The van der Waals surface area contributed by atoms with Gasteiger partial charge in [0.15, 0.2) is 11.6 Å². The first-order chi connectivity index (χ1) is 5.27. The molecule has 0 aliphatic carbocycles. The van der Waals surface area contributed by atoms with Crippen LogP contribution in [0.2, 0.25) is 0 Å². The van der Waals surface area contributed by atoms with Crippen LogP contribution in [0.3, 0.4) is 0 Å². The summed E-state index contributed by atoms with van der Waals surface area (Å²) in [4.78, 5) is 0. The average molecular weight is 156 g/mol. The van der Waals surface area contributed by atoms with Crippen molar-refractivity contribution in [3.63, 3.8) is 0 Å². The normalized spacial score (nSPS) is 21.8. The van der Waals surface area contributed by atoms with Crippen molar-refractivity contribution in [2.45, 2.75) is 6.10 Å². The molecule has 2 rings (SSSR count). The highest BCUT2D eigenvalue weighted by Crippen LogP contribution is 2.30. The molecule has 1 saturated heterocycles. The molecule has 1 heterocycles. The number of hydrogen-bond acceptors (Lipinski definition) is 1. The maximum absolute atomic E-state index is 12.5. The third-order valence-electron chi connectivity index (χ3n) is 1.65. The Labute approximate surface area is 62.6 Å². The summed E-state index contributed by atoms with van der Waals surface area (Å²) < 4.78 is 29.8. The molecular weight excluding hydrogens is 150 g/mol. The lowest BCUT2D eigenvalue weighted by atomic mass is 10.1. The van der Waals surface area contributed by atoms with Crippen LogP contribution >= 0.6 is 0 Å². The van der Waals surface area contributed by atoms with Crippen LogP contribution in [0, 0.1) is 11.6 Å². The molecule has 1 aliphatic heterocycles. The summed E-state index contributed by atoms with van der Waals surface area (Å²) >= 11 is 0. The summed E-state index contributed by atoms with van der Waals surface area (Å²) in [6, 6.07) is 3.83. The van der Waals surface area contributed by atoms with E-state index in [0.717, 1.165) is 6.07 Å². The van der Waals surface area contributed by atoms with Crippen LogP contribution in [0.4, 0.5) is 8.78 Å². The lowest BCUT2D eigenvalue weighted by Crippen LogP contribution is -1.86. The molecule has 0 aromatic heterocycles. The second kappa shape index (κ2) is 2.27. The zero-order valence-corrected chi connectivity index (χ0v) is 5.68. The van der Waals surface area contributed by atoms with Crippen LogP contribution in [0.5, 0.6) is 0 Å². The van der Waals surface area contributed by atoms with E-state index in [1.807, 2.05) is 0 Å². The van der Waals surface area contributed by atoms with Crippen molar-refractivity contribution in [3.05, 3.63) is 35.4 Å². The molecule has 0 amide bonds. The van der Waals surface area contributed by atoms with Gasteiger partial charge in [0.1, 0.15) is 6.10 Å². The zero-order chi connectivity index (χ0) is 7.84. The fraction of sp³-hybridized carbons (Fsp3) is 0.250. The Balaban J connectivity index is 2.36. The van der Waals surface area contributed by atoms with Gasteiger partial charge in [-0.3, -0.25) is 0 Å². The van der Waals surface area contributed by atoms with Gasteiger partial charge in [0.05, 0.1) is 6.61 Å². The standard InChI is InChI=1S/C8H6F2O/c9-6-2-1-5(3-7(6)10)8-4-11-8/h1-3,8H,4H2/t8-/m1/s1. The summed E-state index contributed by atoms with van der Waals surface area (Å²) in [5.74, 6) is -1.62. The molecule has 1 fully saturated rings. The smallest absolute Gasteiger partial charge is 0.159 e. The van der Waals surface area contributed by atoms with E-state index in [9.17, 15) is 8.78 Å². The second-order valence-electron chi connectivity index (χ2n) is 2.50. The third kappa shape index (κ3) is 1.24. The van der Waals surface area contributed by atoms with Gasteiger partial charge >= 0.3 is 0 Å². The van der Waals surface area contributed by atoms with Gasteiger partial charge in [0.2, 0.25) is 0 Å². The van der Waals surface area contributed by atoms with Crippen LogP contribution in [0.15, 0.2) is 18.2 Å². The maximum Gasteiger partial charge on any atom is 0.159 e. The van der Waals surface area contributed by atoms with E-state index in [2.05, 4.69) is 0 Å². The van der Waals surface area contributed by atoms with Gasteiger partial charge in [-0.05, 0) is 17.7 Å². The van der Waals surface area contributed by atoms with E-state index in [4.69, 9.17) is 4.74 Å². The average Bonchev–Trinajstić information content (AvgIpc) is 2.77. The Bertz CT molecular complexity index is 281. The summed E-state index contributed by atoms with van der Waals surface area (Å²) in [6.45, 7) is 0.616. The molecule has 3 heteroatoms. The van der Waals surface area contributed by atoms with Crippen molar-refractivity contribution in [3.8, 4) is 0 Å². The van der Waals surface area contributed by atoms with Gasteiger partial charge in [-0.25, -0.2) is 8.78 Å². The van der Waals surface area contributed by atoms with Gasteiger partial charge in [-0.2, -0.15) is 0 Å². The minimum atomic E-state index is -0.811. The minimum Gasteiger partial charge on any atom is -0.368 e. The SMILES string of the molecule is Fc1ccc([C@H]2CO2)cc1F. The first-order valence-electron chi connectivity index (χ1n) is 3.34. The molecular formula is C8H6F2O. The maximum atomic E-state index is 12.5. The monoisotopic (exact) mass is 156 g/mol. The summed E-state index contributed by atoms with van der Waals surface area (Å²) in [5.41, 5.74) is 0.712. The molecule has 0 radical (unpaired) electrons. The van der Waals surface area contributed by atoms with Crippen molar-refractivity contribution in [2.24, 2.45) is 0 Å². The Morgan fingerprint density at radius 3 is 2.55 bits per heavy atom. The van der Waals surface area contributed by atoms with Crippen molar-refractivity contribution in [1.82, 2.24) is 0 Å².